The highest BCUT2D eigenvalue weighted by Gasteiger charge is 2.19. The van der Waals surface area contributed by atoms with E-state index in [2.05, 4.69) is 17.1 Å². The van der Waals surface area contributed by atoms with Crippen molar-refractivity contribution in [2.45, 2.75) is 13.0 Å². The van der Waals surface area contributed by atoms with Crippen molar-refractivity contribution < 1.29 is 4.74 Å². The quantitative estimate of drug-likeness (QED) is 0.622. The number of ether oxygens (including phenoxy) is 1. The first-order valence-corrected chi connectivity index (χ1v) is 4.35. The van der Waals surface area contributed by atoms with Crippen molar-refractivity contribution in [2.24, 2.45) is 0 Å². The highest BCUT2D eigenvalue weighted by atomic mass is 16.5. The van der Waals surface area contributed by atoms with Crippen LogP contribution in [-0.4, -0.2) is 50.8 Å². The van der Waals surface area contributed by atoms with Crippen LogP contribution in [0.3, 0.4) is 0 Å². The number of nitrogens with one attached hydrogen (secondary N) is 1. The molecule has 0 aliphatic carbocycles. The van der Waals surface area contributed by atoms with E-state index in [1.54, 1.807) is 0 Å². The lowest BCUT2D eigenvalue weighted by Gasteiger charge is -2.34. The third-order valence-electron chi connectivity index (χ3n) is 2.20. The summed E-state index contributed by atoms with van der Waals surface area (Å²) in [5.41, 5.74) is 0. The molecule has 0 amide bonds. The molecule has 66 valence electrons. The maximum Gasteiger partial charge on any atom is 0.0634 e. The first kappa shape index (κ1) is 8.97. The normalized spacial score (nSPS) is 27.3. The molecule has 0 unspecified atom stereocenters. The van der Waals surface area contributed by atoms with Crippen LogP contribution in [0.15, 0.2) is 0 Å². The van der Waals surface area contributed by atoms with E-state index in [1.807, 2.05) is 7.05 Å². The zero-order chi connectivity index (χ0) is 8.10. The fraction of sp³-hybridized carbons (Fsp3) is 1.00. The molecule has 1 N–H and O–H groups in total. The number of likely N-dealkylation sites (N-methyl/N-ethyl adjacent to an activating group) is 2. The average Bonchev–Trinajstić information content (AvgIpc) is 2.06. The minimum Gasteiger partial charge on any atom is -0.378 e. The summed E-state index contributed by atoms with van der Waals surface area (Å²) in [5, 5.41) is 3.18. The van der Waals surface area contributed by atoms with Crippen molar-refractivity contribution in [3.8, 4) is 0 Å². The Hall–Kier alpha value is -0.120. The minimum absolute atomic E-state index is 0.582. The molecule has 1 aliphatic heterocycles. The van der Waals surface area contributed by atoms with E-state index in [1.165, 1.54) is 0 Å². The molecule has 0 aromatic rings. The summed E-state index contributed by atoms with van der Waals surface area (Å²) in [7, 11) is 1.99. The summed E-state index contributed by atoms with van der Waals surface area (Å²) in [6.07, 6.45) is 0. The van der Waals surface area contributed by atoms with Gasteiger partial charge in [0.25, 0.3) is 0 Å². The Bertz CT molecular complexity index is 106. The van der Waals surface area contributed by atoms with Crippen LogP contribution >= 0.6 is 0 Å². The molecule has 1 rings (SSSR count). The van der Waals surface area contributed by atoms with Crippen molar-refractivity contribution in [3.63, 3.8) is 0 Å². The van der Waals surface area contributed by atoms with Crippen LogP contribution in [0.25, 0.3) is 0 Å². The van der Waals surface area contributed by atoms with Gasteiger partial charge in [-0.3, -0.25) is 4.90 Å². The van der Waals surface area contributed by atoms with Crippen LogP contribution in [0.4, 0.5) is 0 Å². The Morgan fingerprint density at radius 1 is 1.64 bits per heavy atom. The summed E-state index contributed by atoms with van der Waals surface area (Å²) >= 11 is 0. The van der Waals surface area contributed by atoms with Gasteiger partial charge in [0, 0.05) is 19.1 Å². The Morgan fingerprint density at radius 3 is 3.09 bits per heavy atom. The van der Waals surface area contributed by atoms with Gasteiger partial charge in [-0.25, -0.2) is 0 Å². The number of rotatable bonds is 3. The Morgan fingerprint density at radius 2 is 2.45 bits per heavy atom. The van der Waals surface area contributed by atoms with Crippen LogP contribution in [-0.2, 0) is 4.74 Å². The van der Waals surface area contributed by atoms with Crippen LogP contribution in [0.5, 0.6) is 0 Å². The molecule has 1 saturated heterocycles. The average molecular weight is 158 g/mol. The van der Waals surface area contributed by atoms with Gasteiger partial charge in [0.15, 0.2) is 0 Å². The maximum absolute atomic E-state index is 5.39. The predicted molar refractivity (Wildman–Crippen MR) is 45.8 cm³/mol. The largest absolute Gasteiger partial charge is 0.378 e. The van der Waals surface area contributed by atoms with E-state index in [9.17, 15) is 0 Å². The topological polar surface area (TPSA) is 24.5 Å². The van der Waals surface area contributed by atoms with Crippen molar-refractivity contribution in [3.05, 3.63) is 0 Å². The van der Waals surface area contributed by atoms with Crippen LogP contribution in [0.1, 0.15) is 6.92 Å². The molecular formula is C8H18N2O. The highest BCUT2D eigenvalue weighted by molar-refractivity contribution is 4.75. The second-order valence-corrected chi connectivity index (χ2v) is 2.92. The second kappa shape index (κ2) is 4.70. The first-order valence-electron chi connectivity index (χ1n) is 4.35. The molecule has 1 heterocycles. The van der Waals surface area contributed by atoms with Gasteiger partial charge in [0.1, 0.15) is 0 Å². The Labute approximate surface area is 68.7 Å². The van der Waals surface area contributed by atoms with Gasteiger partial charge in [-0.15, -0.1) is 0 Å². The number of hydrogen-bond acceptors (Lipinski definition) is 3. The summed E-state index contributed by atoms with van der Waals surface area (Å²) < 4.78 is 5.39. The van der Waals surface area contributed by atoms with Crippen LogP contribution < -0.4 is 5.32 Å². The predicted octanol–water partition coefficient (Wildman–Crippen LogP) is -0.0735. The molecule has 3 nitrogen and oxygen atoms in total. The summed E-state index contributed by atoms with van der Waals surface area (Å²) in [5.74, 6) is 0. The smallest absolute Gasteiger partial charge is 0.0634 e. The standard InChI is InChI=1S/C8H18N2O/c1-3-10-4-5-11-7-8(10)6-9-2/h8-9H,3-7H2,1-2H3/t8-/m0/s1. The Balaban J connectivity index is 2.31. The first-order chi connectivity index (χ1) is 5.38. The monoisotopic (exact) mass is 158 g/mol. The van der Waals surface area contributed by atoms with E-state index in [4.69, 9.17) is 4.74 Å². The number of hydrogen-bond donors (Lipinski definition) is 1. The van der Waals surface area contributed by atoms with E-state index >= 15 is 0 Å². The SMILES string of the molecule is CCN1CCOC[C@@H]1CNC. The fourth-order valence-corrected chi connectivity index (χ4v) is 1.53. The lowest BCUT2D eigenvalue weighted by atomic mass is 10.2. The van der Waals surface area contributed by atoms with Gasteiger partial charge >= 0.3 is 0 Å². The zero-order valence-electron chi connectivity index (χ0n) is 7.47. The third-order valence-corrected chi connectivity index (χ3v) is 2.20. The van der Waals surface area contributed by atoms with E-state index in [0.717, 1.165) is 32.8 Å². The minimum atomic E-state index is 0.582. The van der Waals surface area contributed by atoms with Gasteiger partial charge in [0.2, 0.25) is 0 Å². The van der Waals surface area contributed by atoms with Crippen molar-refractivity contribution in [2.75, 3.05) is 39.9 Å². The van der Waals surface area contributed by atoms with Gasteiger partial charge in [0.05, 0.1) is 13.2 Å². The Kier molecular flexibility index (Phi) is 3.83. The summed E-state index contributed by atoms with van der Waals surface area (Å²) in [6, 6.07) is 0.582. The van der Waals surface area contributed by atoms with Gasteiger partial charge < -0.3 is 10.1 Å². The van der Waals surface area contributed by atoms with Gasteiger partial charge in [-0.2, -0.15) is 0 Å². The summed E-state index contributed by atoms with van der Waals surface area (Å²) in [6.45, 7) is 7.24. The van der Waals surface area contributed by atoms with Crippen LogP contribution in [0, 0.1) is 0 Å². The van der Waals surface area contributed by atoms with Crippen molar-refractivity contribution in [1.29, 1.82) is 0 Å². The van der Waals surface area contributed by atoms with Crippen molar-refractivity contribution in [1.82, 2.24) is 10.2 Å². The molecular weight excluding hydrogens is 140 g/mol. The van der Waals surface area contributed by atoms with E-state index in [0.29, 0.717) is 6.04 Å². The summed E-state index contributed by atoms with van der Waals surface area (Å²) in [4.78, 5) is 2.46. The van der Waals surface area contributed by atoms with Crippen LogP contribution in [0.2, 0.25) is 0 Å². The van der Waals surface area contributed by atoms with Crippen molar-refractivity contribution >= 4 is 0 Å². The van der Waals surface area contributed by atoms with Gasteiger partial charge in [-0.1, -0.05) is 6.92 Å². The zero-order valence-corrected chi connectivity index (χ0v) is 7.47. The van der Waals surface area contributed by atoms with E-state index in [-0.39, 0.29) is 0 Å². The third kappa shape index (κ3) is 2.43. The molecule has 0 aromatic heterocycles. The molecule has 1 aliphatic rings. The lowest BCUT2D eigenvalue weighted by Crippen LogP contribution is -2.49. The second-order valence-electron chi connectivity index (χ2n) is 2.92. The van der Waals surface area contributed by atoms with E-state index < -0.39 is 0 Å². The molecule has 11 heavy (non-hydrogen) atoms. The number of morpholine rings is 1. The molecule has 0 spiro atoms. The molecule has 0 radical (unpaired) electrons. The van der Waals surface area contributed by atoms with Gasteiger partial charge in [-0.05, 0) is 13.6 Å². The molecule has 0 bridgehead atoms. The number of nitrogens with zero attached hydrogens (tertiary/aromatic N) is 1. The molecule has 0 saturated carbocycles. The highest BCUT2D eigenvalue weighted by Crippen LogP contribution is 2.04. The molecule has 0 aromatic carbocycles. The fourth-order valence-electron chi connectivity index (χ4n) is 1.53. The molecule has 1 atom stereocenters. The molecule has 1 fully saturated rings. The molecule has 3 heteroatoms. The lowest BCUT2D eigenvalue weighted by molar-refractivity contribution is -0.00350. The maximum atomic E-state index is 5.39.